The van der Waals surface area contributed by atoms with E-state index in [1.807, 2.05) is 42.5 Å². The van der Waals surface area contributed by atoms with Crippen LogP contribution in [-0.2, 0) is 16.6 Å². The van der Waals surface area contributed by atoms with Crippen molar-refractivity contribution in [1.29, 1.82) is 0 Å². The van der Waals surface area contributed by atoms with Gasteiger partial charge in [0.15, 0.2) is 17.6 Å². The number of para-hydroxylation sites is 1. The van der Waals surface area contributed by atoms with Crippen LogP contribution in [0.5, 0.6) is 17.2 Å². The Morgan fingerprint density at radius 1 is 0.941 bits per heavy atom. The van der Waals surface area contributed by atoms with Crippen LogP contribution in [0.3, 0.4) is 0 Å². The van der Waals surface area contributed by atoms with Crippen LogP contribution < -0.4 is 24.8 Å². The van der Waals surface area contributed by atoms with Crippen LogP contribution in [-0.4, -0.2) is 31.3 Å². The minimum atomic E-state index is -0.586. The highest BCUT2D eigenvalue weighted by molar-refractivity contribution is 5.98. The zero-order valence-electron chi connectivity index (χ0n) is 19.1. The maximum atomic E-state index is 12.9. The van der Waals surface area contributed by atoms with Crippen molar-refractivity contribution in [2.45, 2.75) is 31.8 Å². The quantitative estimate of drug-likeness (QED) is 0.582. The summed E-state index contributed by atoms with van der Waals surface area (Å²) >= 11 is 0. The second-order valence-electron chi connectivity index (χ2n) is 9.12. The van der Waals surface area contributed by atoms with Gasteiger partial charge >= 0.3 is 0 Å². The third kappa shape index (κ3) is 4.41. The molecular formula is C27H26N2O5. The molecule has 0 spiro atoms. The minimum absolute atomic E-state index is 0.213. The number of benzene rings is 3. The number of hydrogen-bond donors (Lipinski definition) is 2. The second kappa shape index (κ2) is 8.74. The molecule has 0 bridgehead atoms. The fourth-order valence-electron chi connectivity index (χ4n) is 4.11. The summed E-state index contributed by atoms with van der Waals surface area (Å²) in [5, 5.41) is 5.87. The second-order valence-corrected chi connectivity index (χ2v) is 9.12. The highest BCUT2D eigenvalue weighted by Crippen LogP contribution is 2.36. The van der Waals surface area contributed by atoms with Crippen molar-refractivity contribution in [3.05, 3.63) is 83.4 Å². The van der Waals surface area contributed by atoms with E-state index in [0.717, 1.165) is 28.4 Å². The number of hydrogen-bond acceptors (Lipinski definition) is 5. The molecule has 0 saturated heterocycles. The standard InChI is InChI=1S/C27H26N2O5/c1-27(2,19-10-11-22-23(14-19)33-16-32-22)15-28-25(30)18-7-5-8-20(12-18)29-26(31)24-13-17-6-3-4-9-21(17)34-24/h3-12,14,24H,13,15-16H2,1-2H3,(H,28,30)(H,29,31). The molecule has 2 aliphatic heterocycles. The van der Waals surface area contributed by atoms with Gasteiger partial charge in [-0.3, -0.25) is 9.59 Å². The molecule has 2 heterocycles. The summed E-state index contributed by atoms with van der Waals surface area (Å²) in [6, 6.07) is 20.4. The van der Waals surface area contributed by atoms with Crippen LogP contribution in [0.1, 0.15) is 35.3 Å². The zero-order valence-corrected chi connectivity index (χ0v) is 19.1. The maximum absolute atomic E-state index is 12.9. The molecule has 3 aromatic rings. The first-order valence-corrected chi connectivity index (χ1v) is 11.2. The number of amides is 2. The predicted molar refractivity (Wildman–Crippen MR) is 128 cm³/mol. The molecule has 174 valence electrons. The molecule has 34 heavy (non-hydrogen) atoms. The lowest BCUT2D eigenvalue weighted by atomic mass is 9.84. The lowest BCUT2D eigenvalue weighted by Crippen LogP contribution is -2.36. The summed E-state index contributed by atoms with van der Waals surface area (Å²) < 4.78 is 16.6. The summed E-state index contributed by atoms with van der Waals surface area (Å²) in [7, 11) is 0. The van der Waals surface area contributed by atoms with Gasteiger partial charge in [-0.1, -0.05) is 44.2 Å². The molecular weight excluding hydrogens is 432 g/mol. The molecule has 2 N–H and O–H groups in total. The lowest BCUT2D eigenvalue weighted by molar-refractivity contribution is -0.122. The van der Waals surface area contributed by atoms with E-state index in [1.165, 1.54) is 0 Å². The van der Waals surface area contributed by atoms with E-state index >= 15 is 0 Å². The highest BCUT2D eigenvalue weighted by atomic mass is 16.7. The molecule has 7 nitrogen and oxygen atoms in total. The van der Waals surface area contributed by atoms with Gasteiger partial charge in [-0.05, 0) is 47.5 Å². The molecule has 5 rings (SSSR count). The van der Waals surface area contributed by atoms with Crippen molar-refractivity contribution in [3.63, 3.8) is 0 Å². The minimum Gasteiger partial charge on any atom is -0.480 e. The first kappa shape index (κ1) is 21.8. The monoisotopic (exact) mass is 458 g/mol. The first-order valence-electron chi connectivity index (χ1n) is 11.2. The molecule has 2 amide bonds. The number of anilines is 1. The van der Waals surface area contributed by atoms with Crippen LogP contribution in [0.25, 0.3) is 0 Å². The van der Waals surface area contributed by atoms with Crippen LogP contribution in [0.2, 0.25) is 0 Å². The van der Waals surface area contributed by atoms with Crippen LogP contribution in [0.15, 0.2) is 66.7 Å². The third-order valence-corrected chi connectivity index (χ3v) is 6.18. The lowest BCUT2D eigenvalue weighted by Gasteiger charge is -2.26. The van der Waals surface area contributed by atoms with Crippen molar-refractivity contribution < 1.29 is 23.8 Å². The van der Waals surface area contributed by atoms with E-state index < -0.39 is 6.10 Å². The van der Waals surface area contributed by atoms with Crippen molar-refractivity contribution in [2.24, 2.45) is 0 Å². The van der Waals surface area contributed by atoms with Gasteiger partial charge in [0, 0.05) is 29.6 Å². The molecule has 1 unspecified atom stereocenters. The van der Waals surface area contributed by atoms with E-state index in [2.05, 4.69) is 24.5 Å². The zero-order chi connectivity index (χ0) is 23.7. The summed E-state index contributed by atoms with van der Waals surface area (Å²) in [5.41, 5.74) is 2.75. The predicted octanol–water partition coefficient (Wildman–Crippen LogP) is 4.07. The summed E-state index contributed by atoms with van der Waals surface area (Å²) in [6.07, 6.45) is -0.0608. The van der Waals surface area contributed by atoms with Gasteiger partial charge in [-0.2, -0.15) is 0 Å². The third-order valence-electron chi connectivity index (χ3n) is 6.18. The highest BCUT2D eigenvalue weighted by Gasteiger charge is 2.29. The average molecular weight is 459 g/mol. The summed E-state index contributed by atoms with van der Waals surface area (Å²) in [5.74, 6) is 1.73. The van der Waals surface area contributed by atoms with Gasteiger partial charge in [-0.25, -0.2) is 0 Å². The Kier molecular flexibility index (Phi) is 5.61. The van der Waals surface area contributed by atoms with Gasteiger partial charge < -0.3 is 24.8 Å². The maximum Gasteiger partial charge on any atom is 0.265 e. The fraction of sp³-hybridized carbons (Fsp3) is 0.259. The molecule has 3 aromatic carbocycles. The first-order chi connectivity index (χ1) is 16.4. The van der Waals surface area contributed by atoms with E-state index in [4.69, 9.17) is 14.2 Å². The molecule has 7 heteroatoms. The van der Waals surface area contributed by atoms with E-state index in [-0.39, 0.29) is 24.0 Å². The van der Waals surface area contributed by atoms with Crippen molar-refractivity contribution in [1.82, 2.24) is 5.32 Å². The van der Waals surface area contributed by atoms with Gasteiger partial charge in [0.1, 0.15) is 5.75 Å². The van der Waals surface area contributed by atoms with Gasteiger partial charge in [0.05, 0.1) is 0 Å². The molecule has 0 fully saturated rings. The van der Waals surface area contributed by atoms with Crippen molar-refractivity contribution >= 4 is 17.5 Å². The molecule has 1 atom stereocenters. The Morgan fingerprint density at radius 2 is 1.76 bits per heavy atom. The molecule has 0 aliphatic carbocycles. The molecule has 2 aliphatic rings. The van der Waals surface area contributed by atoms with Crippen molar-refractivity contribution in [2.75, 3.05) is 18.7 Å². The Hall–Kier alpha value is -4.00. The number of carbonyl (C=O) groups excluding carboxylic acids is 2. The van der Waals surface area contributed by atoms with E-state index in [1.54, 1.807) is 24.3 Å². The number of rotatable bonds is 6. The van der Waals surface area contributed by atoms with Gasteiger partial charge in [-0.15, -0.1) is 0 Å². The van der Waals surface area contributed by atoms with Crippen LogP contribution >= 0.6 is 0 Å². The van der Waals surface area contributed by atoms with Crippen LogP contribution in [0, 0.1) is 0 Å². The van der Waals surface area contributed by atoms with E-state index in [9.17, 15) is 9.59 Å². The number of fused-ring (bicyclic) bond motifs is 2. The van der Waals surface area contributed by atoms with Crippen LogP contribution in [0.4, 0.5) is 5.69 Å². The Labute approximate surface area is 198 Å². The average Bonchev–Trinajstić information content (AvgIpc) is 3.49. The Balaban J connectivity index is 1.20. The molecule has 0 aromatic heterocycles. The van der Waals surface area contributed by atoms with E-state index in [0.29, 0.717) is 24.2 Å². The smallest absolute Gasteiger partial charge is 0.265 e. The van der Waals surface area contributed by atoms with Crippen molar-refractivity contribution in [3.8, 4) is 17.2 Å². The topological polar surface area (TPSA) is 85.9 Å². The summed E-state index contributed by atoms with van der Waals surface area (Å²) in [4.78, 5) is 25.6. The number of ether oxygens (including phenoxy) is 3. The largest absolute Gasteiger partial charge is 0.480 e. The summed E-state index contributed by atoms with van der Waals surface area (Å²) in [6.45, 7) is 4.76. The SMILES string of the molecule is CC(C)(CNC(=O)c1cccc(NC(=O)C2Cc3ccccc3O2)c1)c1ccc2c(c1)OCO2. The van der Waals surface area contributed by atoms with Gasteiger partial charge in [0.2, 0.25) is 6.79 Å². The fourth-order valence-corrected chi connectivity index (χ4v) is 4.11. The molecule has 0 saturated carbocycles. The normalized spacial score (nSPS) is 15.9. The number of nitrogens with one attached hydrogen (secondary N) is 2. The Morgan fingerprint density at radius 3 is 2.62 bits per heavy atom. The molecule has 0 radical (unpaired) electrons. The number of carbonyl (C=O) groups is 2. The van der Waals surface area contributed by atoms with Gasteiger partial charge in [0.25, 0.3) is 11.8 Å². The Bertz CT molecular complexity index is 1230.